The maximum Gasteiger partial charge on any atom is 0.0668 e. The van der Waals surface area contributed by atoms with Crippen molar-refractivity contribution in [1.82, 2.24) is 4.98 Å². The van der Waals surface area contributed by atoms with Crippen LogP contribution in [0.15, 0.2) is 60.2 Å². The third-order valence-electron chi connectivity index (χ3n) is 5.80. The summed E-state index contributed by atoms with van der Waals surface area (Å²) in [6.07, 6.45) is 14.7. The summed E-state index contributed by atoms with van der Waals surface area (Å²) in [7, 11) is 0. The zero-order valence-corrected chi connectivity index (χ0v) is 15.9. The standard InChI is InChI=1S/C25H29N/c1-19-13-14-23(15-19)25-12-6-11-24(26-25)18-22-10-5-9-21(17-22)16-20-7-3-2-4-8-20/h5-6,9-14,17,20H,2-4,7-8,15-16,18H2,1H3. The van der Waals surface area contributed by atoms with Gasteiger partial charge in [0, 0.05) is 12.1 Å². The number of aromatic nitrogens is 1. The summed E-state index contributed by atoms with van der Waals surface area (Å²) >= 11 is 0. The van der Waals surface area contributed by atoms with E-state index in [1.54, 1.807) is 0 Å². The van der Waals surface area contributed by atoms with Crippen molar-refractivity contribution in [2.24, 2.45) is 5.92 Å². The largest absolute Gasteiger partial charge is 0.253 e. The predicted octanol–water partition coefficient (Wildman–Crippen LogP) is 6.53. The molecule has 0 N–H and O–H groups in total. The van der Waals surface area contributed by atoms with Gasteiger partial charge in [0.2, 0.25) is 0 Å². The average molecular weight is 344 g/mol. The highest BCUT2D eigenvalue weighted by Gasteiger charge is 2.14. The Morgan fingerprint density at radius 3 is 2.54 bits per heavy atom. The molecule has 134 valence electrons. The number of hydrogen-bond acceptors (Lipinski definition) is 1. The first-order chi connectivity index (χ1) is 12.8. The summed E-state index contributed by atoms with van der Waals surface area (Å²) in [6, 6.07) is 15.6. The van der Waals surface area contributed by atoms with E-state index in [0.717, 1.165) is 24.5 Å². The van der Waals surface area contributed by atoms with Crippen molar-refractivity contribution in [3.63, 3.8) is 0 Å². The summed E-state index contributed by atoms with van der Waals surface area (Å²) in [4.78, 5) is 4.93. The van der Waals surface area contributed by atoms with Crippen molar-refractivity contribution in [2.75, 3.05) is 0 Å². The fraction of sp³-hybridized carbons (Fsp3) is 0.400. The molecule has 1 heterocycles. The Balaban J connectivity index is 1.45. The number of pyridine rings is 1. The summed E-state index contributed by atoms with van der Waals surface area (Å²) < 4.78 is 0. The first kappa shape index (κ1) is 17.3. The van der Waals surface area contributed by atoms with E-state index in [9.17, 15) is 0 Å². The highest BCUT2D eigenvalue weighted by Crippen LogP contribution is 2.28. The van der Waals surface area contributed by atoms with Crippen LogP contribution in [0.5, 0.6) is 0 Å². The van der Waals surface area contributed by atoms with Crippen molar-refractivity contribution in [3.8, 4) is 0 Å². The van der Waals surface area contributed by atoms with Crippen molar-refractivity contribution in [1.29, 1.82) is 0 Å². The first-order valence-corrected chi connectivity index (χ1v) is 10.2. The zero-order chi connectivity index (χ0) is 17.8. The molecule has 0 saturated heterocycles. The number of nitrogens with zero attached hydrogens (tertiary/aromatic N) is 1. The maximum absolute atomic E-state index is 4.93. The van der Waals surface area contributed by atoms with Gasteiger partial charge in [0.05, 0.1) is 5.69 Å². The van der Waals surface area contributed by atoms with Crippen LogP contribution in [-0.4, -0.2) is 4.98 Å². The molecule has 1 saturated carbocycles. The van der Waals surface area contributed by atoms with Crippen molar-refractivity contribution >= 4 is 5.57 Å². The summed E-state index contributed by atoms with van der Waals surface area (Å²) in [5, 5.41) is 0. The van der Waals surface area contributed by atoms with Gasteiger partial charge in [-0.15, -0.1) is 0 Å². The molecule has 26 heavy (non-hydrogen) atoms. The molecular weight excluding hydrogens is 314 g/mol. The highest BCUT2D eigenvalue weighted by molar-refractivity contribution is 5.69. The minimum absolute atomic E-state index is 0.894. The molecule has 1 heteroatoms. The molecule has 0 unspecified atom stereocenters. The van der Waals surface area contributed by atoms with Crippen molar-refractivity contribution in [2.45, 2.75) is 58.3 Å². The van der Waals surface area contributed by atoms with Crippen LogP contribution in [0.2, 0.25) is 0 Å². The minimum Gasteiger partial charge on any atom is -0.253 e. The smallest absolute Gasteiger partial charge is 0.0668 e. The van der Waals surface area contributed by atoms with E-state index in [1.807, 2.05) is 0 Å². The van der Waals surface area contributed by atoms with Gasteiger partial charge in [-0.3, -0.25) is 4.98 Å². The Kier molecular flexibility index (Phi) is 5.34. The van der Waals surface area contributed by atoms with Gasteiger partial charge in [-0.2, -0.15) is 0 Å². The van der Waals surface area contributed by atoms with Gasteiger partial charge in [-0.1, -0.05) is 80.2 Å². The highest BCUT2D eigenvalue weighted by atomic mass is 14.7. The molecule has 0 amide bonds. The van der Waals surface area contributed by atoms with Crippen LogP contribution < -0.4 is 0 Å². The van der Waals surface area contributed by atoms with Crippen molar-refractivity contribution in [3.05, 3.63) is 82.7 Å². The summed E-state index contributed by atoms with van der Waals surface area (Å²) in [5.74, 6) is 0.894. The monoisotopic (exact) mass is 343 g/mol. The normalized spacial score (nSPS) is 17.9. The fourth-order valence-corrected chi connectivity index (χ4v) is 4.39. The lowest BCUT2D eigenvalue weighted by atomic mass is 9.84. The average Bonchev–Trinajstić information content (AvgIpc) is 3.10. The SMILES string of the molecule is CC1=CC=C(c2cccc(Cc3cccc(CC4CCCCC4)c3)n2)C1. The Hall–Kier alpha value is -2.15. The van der Waals surface area contributed by atoms with Crippen molar-refractivity contribution < 1.29 is 0 Å². The second kappa shape index (κ2) is 8.03. The Morgan fingerprint density at radius 1 is 0.923 bits per heavy atom. The molecule has 0 spiro atoms. The molecular formula is C25H29N. The van der Waals surface area contributed by atoms with Gasteiger partial charge < -0.3 is 0 Å². The van der Waals surface area contributed by atoms with E-state index in [2.05, 4.69) is 61.5 Å². The maximum atomic E-state index is 4.93. The summed E-state index contributed by atoms with van der Waals surface area (Å²) in [6.45, 7) is 2.19. The van der Waals surface area contributed by atoms with Gasteiger partial charge >= 0.3 is 0 Å². The molecule has 4 rings (SSSR count). The van der Waals surface area contributed by atoms with Gasteiger partial charge in [-0.25, -0.2) is 0 Å². The summed E-state index contributed by atoms with van der Waals surface area (Å²) in [5.41, 5.74) is 7.95. The molecule has 2 aliphatic rings. The van der Waals surface area contributed by atoms with E-state index in [4.69, 9.17) is 4.98 Å². The number of allylic oxidation sites excluding steroid dienone is 4. The Bertz CT molecular complexity index is 822. The molecule has 0 aliphatic heterocycles. The molecule has 0 radical (unpaired) electrons. The molecule has 2 aromatic rings. The van der Waals surface area contributed by atoms with Crippen LogP contribution in [0, 0.1) is 5.92 Å². The van der Waals surface area contributed by atoms with Crippen LogP contribution in [0.25, 0.3) is 5.57 Å². The van der Waals surface area contributed by atoms with E-state index >= 15 is 0 Å². The first-order valence-electron chi connectivity index (χ1n) is 10.2. The zero-order valence-electron chi connectivity index (χ0n) is 15.9. The van der Waals surface area contributed by atoms with E-state index < -0.39 is 0 Å². The topological polar surface area (TPSA) is 12.9 Å². The molecule has 1 fully saturated rings. The molecule has 2 aliphatic carbocycles. The molecule has 1 aromatic heterocycles. The molecule has 0 atom stereocenters. The number of benzene rings is 1. The Morgan fingerprint density at radius 2 is 1.73 bits per heavy atom. The molecule has 0 bridgehead atoms. The van der Waals surface area contributed by atoms with Crippen LogP contribution in [0.1, 0.15) is 68.0 Å². The van der Waals surface area contributed by atoms with Crippen LogP contribution in [0.4, 0.5) is 0 Å². The molecule has 1 aromatic carbocycles. The van der Waals surface area contributed by atoms with Gasteiger partial charge in [-0.05, 0) is 54.5 Å². The number of hydrogen-bond donors (Lipinski definition) is 0. The third-order valence-corrected chi connectivity index (χ3v) is 5.80. The van der Waals surface area contributed by atoms with Crippen LogP contribution in [-0.2, 0) is 12.8 Å². The molecule has 1 nitrogen and oxygen atoms in total. The van der Waals surface area contributed by atoms with E-state index in [0.29, 0.717) is 0 Å². The second-order valence-corrected chi connectivity index (χ2v) is 8.10. The van der Waals surface area contributed by atoms with Crippen LogP contribution >= 0.6 is 0 Å². The number of rotatable bonds is 5. The quantitative estimate of drug-likeness (QED) is 0.601. The fourth-order valence-electron chi connectivity index (χ4n) is 4.39. The predicted molar refractivity (Wildman–Crippen MR) is 110 cm³/mol. The van der Waals surface area contributed by atoms with Crippen LogP contribution in [0.3, 0.4) is 0 Å². The third kappa shape index (κ3) is 4.33. The minimum atomic E-state index is 0.894. The second-order valence-electron chi connectivity index (χ2n) is 8.10. The lowest BCUT2D eigenvalue weighted by Gasteiger charge is -2.21. The lowest BCUT2D eigenvalue weighted by Crippen LogP contribution is -2.09. The van der Waals surface area contributed by atoms with E-state index in [1.165, 1.54) is 66.5 Å². The lowest BCUT2D eigenvalue weighted by molar-refractivity contribution is 0.356. The van der Waals surface area contributed by atoms with Gasteiger partial charge in [0.1, 0.15) is 0 Å². The van der Waals surface area contributed by atoms with Gasteiger partial charge in [0.25, 0.3) is 0 Å². The van der Waals surface area contributed by atoms with Gasteiger partial charge in [0.15, 0.2) is 0 Å². The van der Waals surface area contributed by atoms with E-state index in [-0.39, 0.29) is 0 Å². The Labute approximate surface area is 157 Å².